The smallest absolute Gasteiger partial charge is 0.245 e. The van der Waals surface area contributed by atoms with E-state index in [0.29, 0.717) is 29.7 Å². The normalized spacial score (nSPS) is 15.5. The number of hydrogen-bond donors (Lipinski definition) is 1. The summed E-state index contributed by atoms with van der Waals surface area (Å²) in [4.78, 5) is 26.6. The zero-order valence-electron chi connectivity index (χ0n) is 18.6. The highest BCUT2D eigenvalue weighted by atomic mass is 35.5. The average Bonchev–Trinajstić information content (AvgIpc) is 3.25. The van der Waals surface area contributed by atoms with E-state index >= 15 is 0 Å². The molecular formula is C26H24ClN3O4. The Bertz CT molecular complexity index is 1200. The number of nitrogens with zero attached hydrogens (tertiary/aromatic N) is 2. The van der Waals surface area contributed by atoms with Crippen LogP contribution in [0.4, 0.5) is 5.69 Å². The minimum Gasteiger partial charge on any atom is -0.497 e. The molecule has 7 nitrogen and oxygen atoms in total. The summed E-state index contributed by atoms with van der Waals surface area (Å²) in [6.07, 6.45) is 1.68. The molecule has 0 unspecified atom stereocenters. The van der Waals surface area contributed by atoms with E-state index in [1.807, 2.05) is 48.5 Å². The van der Waals surface area contributed by atoms with Gasteiger partial charge in [-0.3, -0.25) is 9.59 Å². The van der Waals surface area contributed by atoms with Crippen LogP contribution in [0.25, 0.3) is 0 Å². The molecule has 34 heavy (non-hydrogen) atoms. The fraction of sp³-hybridized carbons (Fsp3) is 0.192. The molecule has 0 aliphatic carbocycles. The fourth-order valence-corrected chi connectivity index (χ4v) is 3.81. The van der Waals surface area contributed by atoms with Gasteiger partial charge >= 0.3 is 0 Å². The number of rotatable bonds is 8. The molecule has 1 aliphatic rings. The summed E-state index contributed by atoms with van der Waals surface area (Å²) in [5.74, 6) is 0.491. The number of halogens is 1. The number of methoxy groups -OCH3 is 1. The van der Waals surface area contributed by atoms with Crippen LogP contribution < -0.4 is 19.8 Å². The SMILES string of the molecule is COc1ccc(N2C[C@H](C(=O)N/N=C/c3cccc(OCc4ccccc4Cl)c3)CC2=O)cc1. The van der Waals surface area contributed by atoms with Crippen molar-refractivity contribution in [1.29, 1.82) is 0 Å². The van der Waals surface area contributed by atoms with Crippen molar-refractivity contribution in [2.75, 3.05) is 18.6 Å². The molecule has 1 heterocycles. The second-order valence-electron chi connectivity index (χ2n) is 7.79. The maximum Gasteiger partial charge on any atom is 0.245 e. The quantitative estimate of drug-likeness (QED) is 0.384. The highest BCUT2D eigenvalue weighted by Gasteiger charge is 2.35. The summed E-state index contributed by atoms with van der Waals surface area (Å²) in [6.45, 7) is 0.648. The van der Waals surface area contributed by atoms with Crippen LogP contribution in [0.1, 0.15) is 17.5 Å². The predicted octanol–water partition coefficient (Wildman–Crippen LogP) is 4.43. The predicted molar refractivity (Wildman–Crippen MR) is 131 cm³/mol. The number of hydrazone groups is 1. The van der Waals surface area contributed by atoms with Gasteiger partial charge in [-0.15, -0.1) is 0 Å². The standard InChI is InChI=1S/C26H24ClN3O4/c1-33-22-11-9-21(10-12-22)30-16-20(14-25(30)31)26(32)29-28-15-18-5-4-7-23(13-18)34-17-19-6-2-3-8-24(19)27/h2-13,15,20H,14,16-17H2,1H3,(H,29,32)/b28-15+/t20-/m1/s1. The summed E-state index contributed by atoms with van der Waals surface area (Å²) >= 11 is 6.17. The topological polar surface area (TPSA) is 80.2 Å². The van der Waals surface area contributed by atoms with Crippen LogP contribution in [0, 0.1) is 5.92 Å². The van der Waals surface area contributed by atoms with E-state index in [9.17, 15) is 9.59 Å². The number of anilines is 1. The van der Waals surface area contributed by atoms with E-state index in [1.165, 1.54) is 6.21 Å². The highest BCUT2D eigenvalue weighted by molar-refractivity contribution is 6.31. The molecule has 1 fully saturated rings. The second kappa shape index (κ2) is 10.9. The van der Waals surface area contributed by atoms with E-state index in [0.717, 1.165) is 16.8 Å². The van der Waals surface area contributed by atoms with Gasteiger partial charge in [-0.25, -0.2) is 5.43 Å². The number of ether oxygens (including phenoxy) is 2. The number of hydrogen-bond acceptors (Lipinski definition) is 5. The summed E-state index contributed by atoms with van der Waals surface area (Å²) in [6, 6.07) is 22.0. The van der Waals surface area contributed by atoms with Gasteiger partial charge in [0.2, 0.25) is 11.8 Å². The molecule has 1 atom stereocenters. The van der Waals surface area contributed by atoms with Crippen molar-refractivity contribution < 1.29 is 19.1 Å². The van der Waals surface area contributed by atoms with Gasteiger partial charge in [0.25, 0.3) is 0 Å². The molecule has 8 heteroatoms. The van der Waals surface area contributed by atoms with Crippen LogP contribution in [0.3, 0.4) is 0 Å². The van der Waals surface area contributed by atoms with Crippen molar-refractivity contribution in [1.82, 2.24) is 5.43 Å². The Morgan fingerprint density at radius 3 is 2.68 bits per heavy atom. The van der Waals surface area contributed by atoms with Crippen LogP contribution in [0.2, 0.25) is 5.02 Å². The Labute approximate surface area is 202 Å². The van der Waals surface area contributed by atoms with E-state index in [4.69, 9.17) is 21.1 Å². The van der Waals surface area contributed by atoms with Crippen LogP contribution in [0.5, 0.6) is 11.5 Å². The Morgan fingerprint density at radius 1 is 1.12 bits per heavy atom. The lowest BCUT2D eigenvalue weighted by Crippen LogP contribution is -2.30. The van der Waals surface area contributed by atoms with E-state index < -0.39 is 5.92 Å². The number of amides is 2. The summed E-state index contributed by atoms with van der Waals surface area (Å²) in [5, 5.41) is 4.71. The monoisotopic (exact) mass is 477 g/mol. The maximum absolute atomic E-state index is 12.6. The first-order valence-electron chi connectivity index (χ1n) is 10.8. The highest BCUT2D eigenvalue weighted by Crippen LogP contribution is 2.27. The lowest BCUT2D eigenvalue weighted by atomic mass is 10.1. The number of carbonyl (C=O) groups excluding carboxylic acids is 2. The van der Waals surface area contributed by atoms with Crippen molar-refractivity contribution in [3.05, 3.63) is 88.9 Å². The Kier molecular flexibility index (Phi) is 7.44. The van der Waals surface area contributed by atoms with Crippen LogP contribution in [-0.4, -0.2) is 31.7 Å². The molecule has 2 amide bonds. The second-order valence-corrected chi connectivity index (χ2v) is 8.20. The summed E-state index contributed by atoms with van der Waals surface area (Å²) in [5.41, 5.74) is 4.93. The number of carbonyl (C=O) groups is 2. The van der Waals surface area contributed by atoms with Gasteiger partial charge in [-0.1, -0.05) is 41.9 Å². The van der Waals surface area contributed by atoms with Gasteiger partial charge in [0.1, 0.15) is 18.1 Å². The minimum atomic E-state index is -0.475. The third kappa shape index (κ3) is 5.74. The number of nitrogens with one attached hydrogen (secondary N) is 1. The third-order valence-corrected chi connectivity index (χ3v) is 5.85. The van der Waals surface area contributed by atoms with Crippen LogP contribution >= 0.6 is 11.6 Å². The molecule has 1 N–H and O–H groups in total. The van der Waals surface area contributed by atoms with E-state index in [1.54, 1.807) is 36.3 Å². The first kappa shape index (κ1) is 23.3. The molecule has 4 rings (SSSR count). The van der Waals surface area contributed by atoms with E-state index in [-0.39, 0.29) is 18.2 Å². The molecule has 1 saturated heterocycles. The van der Waals surface area contributed by atoms with Gasteiger partial charge in [0.15, 0.2) is 0 Å². The average molecular weight is 478 g/mol. The summed E-state index contributed by atoms with van der Waals surface area (Å²) < 4.78 is 11.0. The molecule has 3 aromatic rings. The van der Waals surface area contributed by atoms with Crippen molar-refractivity contribution in [3.8, 4) is 11.5 Å². The molecule has 0 saturated carbocycles. The fourth-order valence-electron chi connectivity index (χ4n) is 3.62. The Hall–Kier alpha value is -3.84. The third-order valence-electron chi connectivity index (χ3n) is 5.48. The number of benzene rings is 3. The molecule has 0 radical (unpaired) electrons. The van der Waals surface area contributed by atoms with Gasteiger partial charge in [-0.05, 0) is 48.0 Å². The van der Waals surface area contributed by atoms with Crippen molar-refractivity contribution >= 4 is 35.3 Å². The Balaban J connectivity index is 1.31. The van der Waals surface area contributed by atoms with Gasteiger partial charge in [0.05, 0.1) is 19.2 Å². The molecule has 0 aromatic heterocycles. The van der Waals surface area contributed by atoms with Gasteiger partial charge in [-0.2, -0.15) is 5.10 Å². The zero-order chi connectivity index (χ0) is 23.9. The maximum atomic E-state index is 12.6. The molecule has 174 valence electrons. The van der Waals surface area contributed by atoms with E-state index in [2.05, 4.69) is 10.5 Å². The van der Waals surface area contributed by atoms with Crippen molar-refractivity contribution in [2.24, 2.45) is 11.0 Å². The van der Waals surface area contributed by atoms with Gasteiger partial charge < -0.3 is 14.4 Å². The lowest BCUT2D eigenvalue weighted by Gasteiger charge is -2.16. The first-order valence-corrected chi connectivity index (χ1v) is 11.1. The zero-order valence-corrected chi connectivity index (χ0v) is 19.4. The molecule has 1 aliphatic heterocycles. The van der Waals surface area contributed by atoms with Gasteiger partial charge in [0, 0.05) is 29.2 Å². The van der Waals surface area contributed by atoms with Crippen molar-refractivity contribution in [2.45, 2.75) is 13.0 Å². The summed E-state index contributed by atoms with van der Waals surface area (Å²) in [7, 11) is 1.58. The molecular weight excluding hydrogens is 454 g/mol. The minimum absolute atomic E-state index is 0.0994. The molecule has 0 spiro atoms. The lowest BCUT2D eigenvalue weighted by molar-refractivity contribution is -0.126. The van der Waals surface area contributed by atoms with Crippen molar-refractivity contribution in [3.63, 3.8) is 0 Å². The molecule has 3 aromatic carbocycles. The van der Waals surface area contributed by atoms with Crippen LogP contribution in [0.15, 0.2) is 77.9 Å². The largest absolute Gasteiger partial charge is 0.497 e. The first-order chi connectivity index (χ1) is 16.5. The van der Waals surface area contributed by atoms with Crippen LogP contribution in [-0.2, 0) is 16.2 Å². The Morgan fingerprint density at radius 2 is 1.91 bits per heavy atom. The molecule has 0 bridgehead atoms.